The van der Waals surface area contributed by atoms with Crippen LogP contribution in [0.25, 0.3) is 0 Å². The Hall–Kier alpha value is -2.19. The van der Waals surface area contributed by atoms with Crippen LogP contribution in [-0.2, 0) is 21.4 Å². The molecule has 1 aliphatic heterocycles. The van der Waals surface area contributed by atoms with Crippen molar-refractivity contribution in [1.29, 1.82) is 0 Å². The van der Waals surface area contributed by atoms with Crippen LogP contribution in [0.3, 0.4) is 0 Å². The number of benzene rings is 1. The summed E-state index contributed by atoms with van der Waals surface area (Å²) in [6.07, 6.45) is 4.38. The van der Waals surface area contributed by atoms with Gasteiger partial charge >= 0.3 is 0 Å². The maximum Gasteiger partial charge on any atom is 0.262 e. The van der Waals surface area contributed by atoms with Gasteiger partial charge in [0.2, 0.25) is 5.91 Å². The largest absolute Gasteiger partial charge is 0.336 e. The molecule has 1 amide bonds. The highest BCUT2D eigenvalue weighted by Crippen LogP contribution is 2.24. The zero-order chi connectivity index (χ0) is 19.6. The monoisotopic (exact) mass is 390 g/mol. The van der Waals surface area contributed by atoms with Gasteiger partial charge in [-0.3, -0.25) is 4.79 Å². The predicted octanol–water partition coefficient (Wildman–Crippen LogP) is 2.56. The Morgan fingerprint density at radius 3 is 2.59 bits per heavy atom. The summed E-state index contributed by atoms with van der Waals surface area (Å²) in [6, 6.07) is 5.87. The van der Waals surface area contributed by atoms with Gasteiger partial charge in [0.05, 0.1) is 12.2 Å². The van der Waals surface area contributed by atoms with Crippen LogP contribution in [-0.4, -0.2) is 41.3 Å². The van der Waals surface area contributed by atoms with Crippen molar-refractivity contribution in [3.8, 4) is 0 Å². The molecule has 3 rings (SSSR count). The average Bonchev–Trinajstić information content (AvgIpc) is 3.11. The summed E-state index contributed by atoms with van der Waals surface area (Å²) in [5, 5.41) is 2.98. The second kappa shape index (κ2) is 7.82. The van der Waals surface area contributed by atoms with Gasteiger partial charge < -0.3 is 9.88 Å². The minimum Gasteiger partial charge on any atom is -0.336 e. The lowest BCUT2D eigenvalue weighted by Crippen LogP contribution is -2.43. The van der Waals surface area contributed by atoms with E-state index >= 15 is 0 Å². The van der Waals surface area contributed by atoms with E-state index in [9.17, 15) is 13.2 Å². The minimum atomic E-state index is -3.68. The van der Waals surface area contributed by atoms with E-state index in [1.807, 2.05) is 39.0 Å². The van der Waals surface area contributed by atoms with Crippen molar-refractivity contribution < 1.29 is 13.2 Å². The van der Waals surface area contributed by atoms with Gasteiger partial charge in [-0.15, -0.1) is 0 Å². The summed E-state index contributed by atoms with van der Waals surface area (Å²) < 4.78 is 28.8. The van der Waals surface area contributed by atoms with Crippen molar-refractivity contribution in [2.45, 2.75) is 45.2 Å². The number of hydrogen-bond acceptors (Lipinski definition) is 4. The predicted molar refractivity (Wildman–Crippen MR) is 104 cm³/mol. The van der Waals surface area contributed by atoms with Crippen molar-refractivity contribution >= 4 is 21.6 Å². The fourth-order valence-corrected chi connectivity index (χ4v) is 4.90. The van der Waals surface area contributed by atoms with Crippen molar-refractivity contribution in [3.05, 3.63) is 41.9 Å². The zero-order valence-electron chi connectivity index (χ0n) is 16.0. The number of amides is 1. The van der Waals surface area contributed by atoms with E-state index in [0.717, 1.165) is 16.8 Å². The van der Waals surface area contributed by atoms with Gasteiger partial charge in [0.15, 0.2) is 5.03 Å². The van der Waals surface area contributed by atoms with E-state index < -0.39 is 10.0 Å². The number of carbonyl (C=O) groups excluding carboxylic acids is 1. The van der Waals surface area contributed by atoms with Crippen LogP contribution < -0.4 is 5.32 Å². The molecule has 8 heteroatoms. The topological polar surface area (TPSA) is 84.3 Å². The number of nitrogens with zero attached hydrogens (tertiary/aromatic N) is 3. The number of aryl methyl sites for hydroxylation is 3. The summed E-state index contributed by atoms with van der Waals surface area (Å²) >= 11 is 0. The molecule has 0 spiro atoms. The van der Waals surface area contributed by atoms with E-state index in [1.165, 1.54) is 16.8 Å². The van der Waals surface area contributed by atoms with Crippen molar-refractivity contribution in [2.24, 2.45) is 5.92 Å². The van der Waals surface area contributed by atoms with Crippen LogP contribution in [0.2, 0.25) is 0 Å². The molecule has 7 nitrogen and oxygen atoms in total. The quantitative estimate of drug-likeness (QED) is 0.850. The van der Waals surface area contributed by atoms with Gasteiger partial charge in [0, 0.05) is 31.5 Å². The molecule has 2 heterocycles. The van der Waals surface area contributed by atoms with E-state index in [-0.39, 0.29) is 23.4 Å². The highest BCUT2D eigenvalue weighted by molar-refractivity contribution is 7.89. The molecule has 0 radical (unpaired) electrons. The van der Waals surface area contributed by atoms with Crippen LogP contribution in [0.1, 0.15) is 30.9 Å². The fraction of sp³-hybridized carbons (Fsp3) is 0.474. The van der Waals surface area contributed by atoms with Crippen molar-refractivity contribution in [1.82, 2.24) is 13.9 Å². The number of hydrogen-bond donors (Lipinski definition) is 1. The molecule has 27 heavy (non-hydrogen) atoms. The number of carbonyl (C=O) groups is 1. The molecule has 0 bridgehead atoms. The van der Waals surface area contributed by atoms with Gasteiger partial charge in [0.1, 0.15) is 0 Å². The normalized spacial score (nSPS) is 18.4. The first-order valence-corrected chi connectivity index (χ1v) is 10.6. The van der Waals surface area contributed by atoms with Crippen LogP contribution in [0.5, 0.6) is 0 Å². The summed E-state index contributed by atoms with van der Waals surface area (Å²) in [7, 11) is -3.68. The fourth-order valence-electron chi connectivity index (χ4n) is 3.44. The zero-order valence-corrected chi connectivity index (χ0v) is 16.8. The molecule has 1 aromatic heterocycles. The van der Waals surface area contributed by atoms with E-state index in [4.69, 9.17) is 0 Å². The van der Waals surface area contributed by atoms with E-state index in [2.05, 4.69) is 10.3 Å². The molecule has 1 fully saturated rings. The number of nitrogens with one attached hydrogen (secondary N) is 1. The number of piperidine rings is 1. The van der Waals surface area contributed by atoms with Gasteiger partial charge in [-0.05, 0) is 56.9 Å². The summed E-state index contributed by atoms with van der Waals surface area (Å²) in [5.41, 5.74) is 2.90. The maximum absolute atomic E-state index is 12.9. The van der Waals surface area contributed by atoms with Crippen molar-refractivity contribution in [2.75, 3.05) is 18.4 Å². The van der Waals surface area contributed by atoms with E-state index in [1.54, 1.807) is 4.57 Å². The van der Waals surface area contributed by atoms with E-state index in [0.29, 0.717) is 25.9 Å². The molecule has 0 aliphatic carbocycles. The lowest BCUT2D eigenvalue weighted by atomic mass is 9.98. The van der Waals surface area contributed by atoms with Crippen LogP contribution >= 0.6 is 0 Å². The highest BCUT2D eigenvalue weighted by Gasteiger charge is 2.34. The number of sulfonamides is 1. The lowest BCUT2D eigenvalue weighted by molar-refractivity contribution is -0.120. The molecule has 1 aromatic carbocycles. The Morgan fingerprint density at radius 2 is 1.96 bits per heavy atom. The van der Waals surface area contributed by atoms with Gasteiger partial charge in [-0.1, -0.05) is 6.07 Å². The number of anilines is 1. The smallest absolute Gasteiger partial charge is 0.262 e. The number of imidazole rings is 1. The Balaban J connectivity index is 1.72. The lowest BCUT2D eigenvalue weighted by Gasteiger charge is -2.30. The Bertz CT molecular complexity index is 916. The highest BCUT2D eigenvalue weighted by atomic mass is 32.2. The maximum atomic E-state index is 12.9. The average molecular weight is 391 g/mol. The standard InChI is InChI=1S/C19H26N4O3S/c1-4-22-12-18(20-13-22)27(25,26)23-7-5-6-16(11-23)19(24)21-17-9-14(2)8-15(3)10-17/h8-10,12-13,16H,4-7,11H2,1-3H3,(H,21,24). The third-order valence-electron chi connectivity index (χ3n) is 4.82. The van der Waals surface area contributed by atoms with Gasteiger partial charge in [0.25, 0.3) is 10.0 Å². The molecule has 1 aliphatic rings. The minimum absolute atomic E-state index is 0.0414. The molecule has 1 atom stereocenters. The number of aromatic nitrogens is 2. The molecule has 1 N–H and O–H groups in total. The number of rotatable bonds is 5. The molecular formula is C19H26N4O3S. The van der Waals surface area contributed by atoms with Gasteiger partial charge in [-0.2, -0.15) is 4.31 Å². The second-order valence-electron chi connectivity index (χ2n) is 7.11. The molecule has 1 saturated heterocycles. The van der Waals surface area contributed by atoms with Gasteiger partial charge in [-0.25, -0.2) is 13.4 Å². The second-order valence-corrected chi connectivity index (χ2v) is 9.00. The van der Waals surface area contributed by atoms with Crippen LogP contribution in [0, 0.1) is 19.8 Å². The third kappa shape index (κ3) is 4.39. The first kappa shape index (κ1) is 19.6. The summed E-state index contributed by atoms with van der Waals surface area (Å²) in [6.45, 7) is 7.13. The molecule has 2 aromatic rings. The Kier molecular flexibility index (Phi) is 5.67. The SMILES string of the molecule is CCn1cnc(S(=O)(=O)N2CCCC(C(=O)Nc3cc(C)cc(C)c3)C2)c1. The van der Waals surface area contributed by atoms with Crippen LogP contribution in [0.4, 0.5) is 5.69 Å². The summed E-state index contributed by atoms with van der Waals surface area (Å²) in [5.74, 6) is -0.512. The van der Waals surface area contributed by atoms with Crippen molar-refractivity contribution in [3.63, 3.8) is 0 Å². The molecule has 146 valence electrons. The molecular weight excluding hydrogens is 364 g/mol. The summed E-state index contributed by atoms with van der Waals surface area (Å²) in [4.78, 5) is 16.7. The Labute approximate surface area is 160 Å². The Morgan fingerprint density at radius 1 is 1.26 bits per heavy atom. The van der Waals surface area contributed by atoms with Crippen LogP contribution in [0.15, 0.2) is 35.7 Å². The molecule has 1 unspecified atom stereocenters. The first-order chi connectivity index (χ1) is 12.8. The third-order valence-corrected chi connectivity index (χ3v) is 6.57. The first-order valence-electron chi connectivity index (χ1n) is 9.20. The molecule has 0 saturated carbocycles.